The summed E-state index contributed by atoms with van der Waals surface area (Å²) in [5, 5.41) is 12.9. The van der Waals surface area contributed by atoms with Gasteiger partial charge in [-0.1, -0.05) is 32.4 Å². The van der Waals surface area contributed by atoms with E-state index in [1.165, 1.54) is 6.20 Å². The molecule has 5 heteroatoms. The number of anilines is 1. The predicted octanol–water partition coefficient (Wildman–Crippen LogP) is 5.24. The van der Waals surface area contributed by atoms with E-state index >= 15 is 0 Å². The number of hydrogen-bond acceptors (Lipinski definition) is 4. The summed E-state index contributed by atoms with van der Waals surface area (Å²) < 4.78 is 5.68. The third-order valence-electron chi connectivity index (χ3n) is 3.49. The lowest BCUT2D eigenvalue weighted by atomic mass is 9.92. The quantitative estimate of drug-likeness (QED) is 0.468. The first kappa shape index (κ1) is 17.8. The van der Waals surface area contributed by atoms with Gasteiger partial charge in [0.1, 0.15) is 23.2 Å². The minimum absolute atomic E-state index is 0.00862. The Labute approximate surface area is 146 Å². The lowest BCUT2D eigenvalue weighted by molar-refractivity contribution is 0.103. The summed E-state index contributed by atoms with van der Waals surface area (Å²) in [4.78, 5) is 12.6. The predicted molar refractivity (Wildman–Crippen MR) is 95.2 cm³/mol. The molecule has 0 radical (unpaired) electrons. The molecule has 24 heavy (non-hydrogen) atoms. The monoisotopic (exact) mass is 342 g/mol. The maximum absolute atomic E-state index is 12.6. The Kier molecular flexibility index (Phi) is 5.16. The molecule has 0 amide bonds. The standard InChI is InChI=1S/C19H19ClN2O2/c1-12-16(9-17(24-12)19(2,3)4)18(23)13(10-21)11-22-15-7-5-14(20)6-8-15/h5-9,11,22H,1-4H3. The maximum atomic E-state index is 12.6. The highest BCUT2D eigenvalue weighted by atomic mass is 35.5. The van der Waals surface area contributed by atoms with Gasteiger partial charge in [-0.2, -0.15) is 5.26 Å². The first-order valence-corrected chi connectivity index (χ1v) is 7.88. The topological polar surface area (TPSA) is 66.0 Å². The molecule has 0 spiro atoms. The van der Waals surface area contributed by atoms with Crippen molar-refractivity contribution in [1.29, 1.82) is 5.26 Å². The van der Waals surface area contributed by atoms with Crippen molar-refractivity contribution in [2.45, 2.75) is 33.1 Å². The third kappa shape index (κ3) is 4.06. The largest absolute Gasteiger partial charge is 0.465 e. The number of nitriles is 1. The van der Waals surface area contributed by atoms with Crippen LogP contribution in [0.1, 0.15) is 42.6 Å². The molecule has 0 saturated heterocycles. The van der Waals surface area contributed by atoms with Crippen molar-refractivity contribution in [3.63, 3.8) is 0 Å². The van der Waals surface area contributed by atoms with Gasteiger partial charge in [-0.25, -0.2) is 0 Å². The normalized spacial score (nSPS) is 11.9. The molecule has 1 aromatic carbocycles. The minimum Gasteiger partial charge on any atom is -0.465 e. The number of carbonyl (C=O) groups excluding carboxylic acids is 1. The first-order chi connectivity index (χ1) is 11.2. The minimum atomic E-state index is -0.365. The molecule has 0 aliphatic heterocycles. The summed E-state index contributed by atoms with van der Waals surface area (Å²) in [5.41, 5.74) is 0.945. The van der Waals surface area contributed by atoms with Gasteiger partial charge < -0.3 is 9.73 Å². The van der Waals surface area contributed by atoms with Gasteiger partial charge in [0.05, 0.1) is 5.56 Å². The molecule has 4 nitrogen and oxygen atoms in total. The number of ketones is 1. The molecule has 0 saturated carbocycles. The molecule has 2 rings (SSSR count). The maximum Gasteiger partial charge on any atom is 0.208 e. The van der Waals surface area contributed by atoms with Gasteiger partial charge >= 0.3 is 0 Å². The second-order valence-electron chi connectivity index (χ2n) is 6.48. The molecule has 0 atom stereocenters. The van der Waals surface area contributed by atoms with Crippen molar-refractivity contribution >= 4 is 23.1 Å². The van der Waals surface area contributed by atoms with Crippen LogP contribution in [0, 0.1) is 18.3 Å². The number of halogens is 1. The van der Waals surface area contributed by atoms with Crippen molar-refractivity contribution in [2.24, 2.45) is 0 Å². The fourth-order valence-corrected chi connectivity index (χ4v) is 2.20. The zero-order chi connectivity index (χ0) is 17.9. The van der Waals surface area contributed by atoms with Crippen LogP contribution in [0.15, 0.2) is 46.5 Å². The molecule has 0 aliphatic rings. The van der Waals surface area contributed by atoms with E-state index in [1.807, 2.05) is 26.8 Å². The third-order valence-corrected chi connectivity index (χ3v) is 3.75. The van der Waals surface area contributed by atoms with Crippen LogP contribution < -0.4 is 5.32 Å². The number of aryl methyl sites for hydroxylation is 1. The Morgan fingerprint density at radius 3 is 2.42 bits per heavy atom. The number of hydrogen-bond donors (Lipinski definition) is 1. The Bertz CT molecular complexity index is 819. The van der Waals surface area contributed by atoms with E-state index in [0.29, 0.717) is 22.1 Å². The Morgan fingerprint density at radius 2 is 1.92 bits per heavy atom. The Morgan fingerprint density at radius 1 is 1.29 bits per heavy atom. The van der Waals surface area contributed by atoms with Crippen molar-refractivity contribution in [2.75, 3.05) is 5.32 Å². The van der Waals surface area contributed by atoms with E-state index < -0.39 is 0 Å². The number of rotatable bonds is 4. The number of Topliss-reactive ketones (excluding diaryl/α,β-unsaturated/α-hetero) is 1. The number of carbonyl (C=O) groups is 1. The SMILES string of the molecule is Cc1oc(C(C)(C)C)cc1C(=O)C(C#N)=CNc1ccc(Cl)cc1. The smallest absolute Gasteiger partial charge is 0.208 e. The van der Waals surface area contributed by atoms with Crippen molar-refractivity contribution < 1.29 is 9.21 Å². The molecule has 1 N–H and O–H groups in total. The average molecular weight is 343 g/mol. The van der Waals surface area contributed by atoms with Crippen LogP contribution in [0.3, 0.4) is 0 Å². The van der Waals surface area contributed by atoms with Gasteiger partial charge in [0.25, 0.3) is 0 Å². The van der Waals surface area contributed by atoms with Crippen LogP contribution in [-0.4, -0.2) is 5.78 Å². The lowest BCUT2D eigenvalue weighted by Gasteiger charge is -2.13. The van der Waals surface area contributed by atoms with E-state index in [4.69, 9.17) is 16.0 Å². The van der Waals surface area contributed by atoms with Gasteiger partial charge in [0.15, 0.2) is 0 Å². The summed E-state index contributed by atoms with van der Waals surface area (Å²) >= 11 is 5.83. The Balaban J connectivity index is 2.26. The molecule has 0 bridgehead atoms. The van der Waals surface area contributed by atoms with Gasteiger partial charge in [0, 0.05) is 22.3 Å². The second kappa shape index (κ2) is 6.94. The van der Waals surface area contributed by atoms with Crippen LogP contribution >= 0.6 is 11.6 Å². The highest BCUT2D eigenvalue weighted by Crippen LogP contribution is 2.28. The molecular formula is C19H19ClN2O2. The highest BCUT2D eigenvalue weighted by molar-refractivity contribution is 6.30. The number of nitrogens with one attached hydrogen (secondary N) is 1. The zero-order valence-electron chi connectivity index (χ0n) is 14.1. The van der Waals surface area contributed by atoms with E-state index in [0.717, 1.165) is 5.69 Å². The van der Waals surface area contributed by atoms with Crippen molar-refractivity contribution in [3.8, 4) is 6.07 Å². The van der Waals surface area contributed by atoms with E-state index in [1.54, 1.807) is 37.3 Å². The van der Waals surface area contributed by atoms with E-state index in [2.05, 4.69) is 5.32 Å². The number of nitrogens with zero attached hydrogens (tertiary/aromatic N) is 1. The van der Waals surface area contributed by atoms with Crippen LogP contribution in [0.5, 0.6) is 0 Å². The molecule has 0 unspecified atom stereocenters. The summed E-state index contributed by atoms with van der Waals surface area (Å²) in [6, 6.07) is 10.6. The molecule has 2 aromatic rings. The van der Waals surface area contributed by atoms with E-state index in [9.17, 15) is 10.1 Å². The molecule has 0 fully saturated rings. The Hall–Kier alpha value is -2.51. The van der Waals surface area contributed by atoms with Crippen LogP contribution in [0.4, 0.5) is 5.69 Å². The number of furan rings is 1. The molecular weight excluding hydrogens is 324 g/mol. The van der Waals surface area contributed by atoms with Crippen LogP contribution in [0.25, 0.3) is 0 Å². The van der Waals surface area contributed by atoms with Crippen LogP contribution in [0.2, 0.25) is 5.02 Å². The molecule has 1 aromatic heterocycles. The van der Waals surface area contributed by atoms with E-state index in [-0.39, 0.29) is 16.8 Å². The van der Waals surface area contributed by atoms with Gasteiger partial charge in [0.2, 0.25) is 5.78 Å². The number of benzene rings is 1. The summed E-state index contributed by atoms with van der Waals surface area (Å²) in [6.07, 6.45) is 1.40. The van der Waals surface area contributed by atoms with Gasteiger partial charge in [-0.15, -0.1) is 0 Å². The lowest BCUT2D eigenvalue weighted by Crippen LogP contribution is -2.09. The van der Waals surface area contributed by atoms with Gasteiger partial charge in [-0.3, -0.25) is 4.79 Å². The first-order valence-electron chi connectivity index (χ1n) is 7.50. The zero-order valence-corrected chi connectivity index (χ0v) is 14.9. The molecule has 1 heterocycles. The summed E-state index contributed by atoms with van der Waals surface area (Å²) in [7, 11) is 0. The van der Waals surface area contributed by atoms with Crippen molar-refractivity contribution in [3.05, 3.63) is 64.2 Å². The number of allylic oxidation sites excluding steroid dienone is 1. The molecule has 0 aliphatic carbocycles. The van der Waals surface area contributed by atoms with Crippen LogP contribution in [-0.2, 0) is 5.41 Å². The average Bonchev–Trinajstić information content (AvgIpc) is 2.91. The summed E-state index contributed by atoms with van der Waals surface area (Å²) in [5.74, 6) is 0.861. The van der Waals surface area contributed by atoms with Crippen molar-refractivity contribution in [1.82, 2.24) is 0 Å². The highest BCUT2D eigenvalue weighted by Gasteiger charge is 2.24. The fraction of sp³-hybridized carbons (Fsp3) is 0.263. The summed E-state index contributed by atoms with van der Waals surface area (Å²) in [6.45, 7) is 7.73. The molecule has 124 valence electrons. The fourth-order valence-electron chi connectivity index (χ4n) is 2.07. The second-order valence-corrected chi connectivity index (χ2v) is 6.92. The van der Waals surface area contributed by atoms with Gasteiger partial charge in [-0.05, 0) is 37.3 Å².